The largest absolute Gasteiger partial charge is 0.496 e. The zero-order chi connectivity index (χ0) is 14.9. The fourth-order valence-electron chi connectivity index (χ4n) is 2.47. The Morgan fingerprint density at radius 3 is 2.00 bits per heavy atom. The van der Waals surface area contributed by atoms with Crippen LogP contribution in [-0.2, 0) is 0 Å². The molecule has 1 unspecified atom stereocenters. The third-order valence-electron chi connectivity index (χ3n) is 3.45. The minimum atomic E-state index is -0.294. The molecule has 0 amide bonds. The predicted molar refractivity (Wildman–Crippen MR) is 81.3 cm³/mol. The molecule has 0 spiro atoms. The summed E-state index contributed by atoms with van der Waals surface area (Å²) < 4.78 is 18.7. The van der Waals surface area contributed by atoms with Gasteiger partial charge in [0, 0.05) is 0 Å². The summed E-state index contributed by atoms with van der Waals surface area (Å²) in [5.74, 6) is 0.674. The second kappa shape index (κ2) is 5.84. The maximum absolute atomic E-state index is 13.3. The number of alkyl halides is 1. The minimum Gasteiger partial charge on any atom is -0.496 e. The number of ether oxygens (including phenoxy) is 1. The first-order valence-electron chi connectivity index (χ1n) is 6.49. The molecule has 106 valence electrons. The zero-order valence-corrected chi connectivity index (χ0v) is 12.9. The monoisotopic (exact) mass is 292 g/mol. The van der Waals surface area contributed by atoms with Crippen LogP contribution in [0.2, 0.25) is 0 Å². The van der Waals surface area contributed by atoms with Gasteiger partial charge in [0.1, 0.15) is 11.6 Å². The number of hydrogen-bond donors (Lipinski definition) is 0. The van der Waals surface area contributed by atoms with Gasteiger partial charge in [0.15, 0.2) is 0 Å². The summed E-state index contributed by atoms with van der Waals surface area (Å²) in [5.41, 5.74) is 4.59. The Kier molecular flexibility index (Phi) is 4.34. The molecule has 2 aromatic carbocycles. The molecule has 1 atom stereocenters. The van der Waals surface area contributed by atoms with Crippen molar-refractivity contribution in [1.29, 1.82) is 0 Å². The Balaban J connectivity index is 2.42. The molecule has 0 bridgehead atoms. The molecule has 0 radical (unpaired) electrons. The second-order valence-electron chi connectivity index (χ2n) is 5.06. The van der Waals surface area contributed by atoms with Crippen LogP contribution in [-0.4, -0.2) is 7.11 Å². The van der Waals surface area contributed by atoms with Gasteiger partial charge in [-0.1, -0.05) is 24.3 Å². The third-order valence-corrected chi connectivity index (χ3v) is 3.96. The molecule has 0 aliphatic heterocycles. The van der Waals surface area contributed by atoms with Gasteiger partial charge in [0.2, 0.25) is 0 Å². The number of rotatable bonds is 3. The summed E-state index contributed by atoms with van der Waals surface area (Å²) in [6.45, 7) is 5.73. The molecule has 2 rings (SSSR count). The zero-order valence-electron chi connectivity index (χ0n) is 12.1. The van der Waals surface area contributed by atoms with Crippen LogP contribution in [0.25, 0.3) is 0 Å². The number of benzene rings is 2. The van der Waals surface area contributed by atoms with Crippen molar-refractivity contribution in [2.75, 3.05) is 7.11 Å². The molecule has 1 nitrogen and oxygen atoms in total. The molecule has 0 aliphatic carbocycles. The maximum atomic E-state index is 13.3. The number of aryl methyl sites for hydroxylation is 3. The van der Waals surface area contributed by atoms with E-state index in [1.807, 2.05) is 26.0 Å². The minimum absolute atomic E-state index is 0.209. The van der Waals surface area contributed by atoms with Gasteiger partial charge in [-0.05, 0) is 54.7 Å². The molecule has 0 saturated heterocycles. The van der Waals surface area contributed by atoms with E-state index in [-0.39, 0.29) is 11.2 Å². The summed E-state index contributed by atoms with van der Waals surface area (Å²) >= 11 is 6.53. The Labute approximate surface area is 124 Å². The molecule has 0 heterocycles. The van der Waals surface area contributed by atoms with E-state index < -0.39 is 0 Å². The van der Waals surface area contributed by atoms with Crippen LogP contribution in [0.15, 0.2) is 30.3 Å². The standard InChI is InChI=1S/C17H18ClFO/c1-10-7-13(5-6-15(10)19)16(18)14-8-11(2)17(20-4)12(3)9-14/h5-9,16H,1-4H3. The average molecular weight is 293 g/mol. The van der Waals surface area contributed by atoms with Crippen molar-refractivity contribution in [3.8, 4) is 5.75 Å². The second-order valence-corrected chi connectivity index (χ2v) is 5.50. The Hall–Kier alpha value is -1.54. The number of methoxy groups -OCH3 is 1. The third kappa shape index (κ3) is 2.80. The molecule has 0 fully saturated rings. The van der Waals surface area contributed by atoms with E-state index in [0.717, 1.165) is 28.0 Å². The van der Waals surface area contributed by atoms with Crippen molar-refractivity contribution in [2.45, 2.75) is 26.1 Å². The Bertz CT molecular complexity index is 614. The summed E-state index contributed by atoms with van der Waals surface area (Å²) in [6, 6.07) is 9.02. The lowest BCUT2D eigenvalue weighted by atomic mass is 9.98. The fraction of sp³-hybridized carbons (Fsp3) is 0.294. The lowest BCUT2D eigenvalue weighted by Gasteiger charge is -2.16. The van der Waals surface area contributed by atoms with E-state index in [9.17, 15) is 4.39 Å². The summed E-state index contributed by atoms with van der Waals surface area (Å²) in [7, 11) is 1.66. The van der Waals surface area contributed by atoms with Crippen molar-refractivity contribution in [2.24, 2.45) is 0 Å². The normalized spacial score (nSPS) is 12.3. The first kappa shape index (κ1) is 14.9. The van der Waals surface area contributed by atoms with E-state index in [1.54, 1.807) is 26.2 Å². The van der Waals surface area contributed by atoms with Crippen LogP contribution in [0.5, 0.6) is 5.75 Å². The van der Waals surface area contributed by atoms with Crippen LogP contribution in [0.1, 0.15) is 33.2 Å². The van der Waals surface area contributed by atoms with Gasteiger partial charge in [0.05, 0.1) is 12.5 Å². The Morgan fingerprint density at radius 1 is 0.950 bits per heavy atom. The van der Waals surface area contributed by atoms with Crippen LogP contribution >= 0.6 is 11.6 Å². The van der Waals surface area contributed by atoms with Gasteiger partial charge in [-0.3, -0.25) is 0 Å². The smallest absolute Gasteiger partial charge is 0.126 e. The van der Waals surface area contributed by atoms with E-state index in [0.29, 0.717) is 5.56 Å². The molecule has 0 saturated carbocycles. The SMILES string of the molecule is COc1c(C)cc(C(Cl)c2ccc(F)c(C)c2)cc1C. The number of halogens is 2. The summed E-state index contributed by atoms with van der Waals surface area (Å²) in [4.78, 5) is 0. The summed E-state index contributed by atoms with van der Waals surface area (Å²) in [5, 5.41) is -0.294. The molecule has 3 heteroatoms. The first-order chi connectivity index (χ1) is 9.43. The number of hydrogen-bond acceptors (Lipinski definition) is 1. The van der Waals surface area contributed by atoms with Crippen LogP contribution in [0.4, 0.5) is 4.39 Å². The highest BCUT2D eigenvalue weighted by molar-refractivity contribution is 6.22. The Morgan fingerprint density at radius 2 is 1.50 bits per heavy atom. The van der Waals surface area contributed by atoms with Crippen LogP contribution in [0, 0.1) is 26.6 Å². The van der Waals surface area contributed by atoms with Gasteiger partial charge in [0.25, 0.3) is 0 Å². The van der Waals surface area contributed by atoms with Crippen molar-refractivity contribution in [1.82, 2.24) is 0 Å². The van der Waals surface area contributed by atoms with Gasteiger partial charge in [-0.15, -0.1) is 11.6 Å². The van der Waals surface area contributed by atoms with Gasteiger partial charge in [-0.2, -0.15) is 0 Å². The van der Waals surface area contributed by atoms with Crippen molar-refractivity contribution < 1.29 is 9.13 Å². The van der Waals surface area contributed by atoms with E-state index in [2.05, 4.69) is 0 Å². The molecular weight excluding hydrogens is 275 g/mol. The van der Waals surface area contributed by atoms with E-state index in [4.69, 9.17) is 16.3 Å². The van der Waals surface area contributed by atoms with E-state index in [1.165, 1.54) is 6.07 Å². The maximum Gasteiger partial charge on any atom is 0.126 e. The molecule has 0 aliphatic rings. The van der Waals surface area contributed by atoms with Crippen molar-refractivity contribution in [3.05, 3.63) is 64.0 Å². The predicted octanol–water partition coefficient (Wildman–Crippen LogP) is 5.09. The average Bonchev–Trinajstić information content (AvgIpc) is 2.40. The highest BCUT2D eigenvalue weighted by atomic mass is 35.5. The quantitative estimate of drug-likeness (QED) is 0.716. The van der Waals surface area contributed by atoms with Crippen LogP contribution < -0.4 is 4.74 Å². The highest BCUT2D eigenvalue weighted by Gasteiger charge is 2.15. The molecular formula is C17H18ClFO. The van der Waals surface area contributed by atoms with Crippen molar-refractivity contribution >= 4 is 11.6 Å². The molecule has 20 heavy (non-hydrogen) atoms. The fourth-order valence-corrected chi connectivity index (χ4v) is 2.73. The topological polar surface area (TPSA) is 9.23 Å². The highest BCUT2D eigenvalue weighted by Crippen LogP contribution is 2.34. The lowest BCUT2D eigenvalue weighted by molar-refractivity contribution is 0.408. The lowest BCUT2D eigenvalue weighted by Crippen LogP contribution is -1.99. The summed E-state index contributed by atoms with van der Waals surface area (Å²) in [6.07, 6.45) is 0. The molecule has 0 aromatic heterocycles. The van der Waals surface area contributed by atoms with Crippen LogP contribution in [0.3, 0.4) is 0 Å². The molecule has 0 N–H and O–H groups in total. The van der Waals surface area contributed by atoms with Gasteiger partial charge in [-0.25, -0.2) is 4.39 Å². The van der Waals surface area contributed by atoms with Gasteiger partial charge >= 0.3 is 0 Å². The first-order valence-corrected chi connectivity index (χ1v) is 6.93. The molecule has 2 aromatic rings. The van der Waals surface area contributed by atoms with Gasteiger partial charge < -0.3 is 4.74 Å². The van der Waals surface area contributed by atoms with Crippen molar-refractivity contribution in [3.63, 3.8) is 0 Å². The van der Waals surface area contributed by atoms with E-state index >= 15 is 0 Å².